The smallest absolute Gasteiger partial charge is 0.123 e. The molecule has 0 aromatic rings. The van der Waals surface area contributed by atoms with Gasteiger partial charge in [0, 0.05) is 5.92 Å². The van der Waals surface area contributed by atoms with Crippen molar-refractivity contribution in [2.45, 2.75) is 38.9 Å². The van der Waals surface area contributed by atoms with Gasteiger partial charge in [-0.05, 0) is 26.7 Å². The molecule has 58 valence electrons. The van der Waals surface area contributed by atoms with Crippen LogP contribution in [0.3, 0.4) is 0 Å². The molecule has 2 atom stereocenters. The fourth-order valence-corrected chi connectivity index (χ4v) is 1.57. The molecule has 1 saturated heterocycles. The molecule has 2 heteroatoms. The Kier molecular flexibility index (Phi) is 2.44. The highest BCUT2D eigenvalue weighted by atomic mass is 16.5. The van der Waals surface area contributed by atoms with Crippen molar-refractivity contribution in [3.05, 3.63) is 0 Å². The van der Waals surface area contributed by atoms with Crippen molar-refractivity contribution < 1.29 is 9.53 Å². The second-order valence-corrected chi connectivity index (χ2v) is 3.12. The first kappa shape index (κ1) is 7.73. The van der Waals surface area contributed by atoms with Crippen molar-refractivity contribution in [3.8, 4) is 0 Å². The predicted octanol–water partition coefficient (Wildman–Crippen LogP) is 1.39. The van der Waals surface area contributed by atoms with E-state index in [1.807, 2.05) is 13.8 Å². The van der Waals surface area contributed by atoms with E-state index in [-0.39, 0.29) is 18.1 Å². The highest BCUT2D eigenvalue weighted by molar-refractivity contribution is 5.53. The first-order chi connectivity index (χ1) is 4.72. The Morgan fingerprint density at radius 1 is 1.30 bits per heavy atom. The molecule has 10 heavy (non-hydrogen) atoms. The van der Waals surface area contributed by atoms with Gasteiger partial charge in [-0.3, -0.25) is 0 Å². The maximum atomic E-state index is 10.4. The lowest BCUT2D eigenvalue weighted by Gasteiger charge is -2.28. The Labute approximate surface area is 61.6 Å². The molecule has 0 saturated carbocycles. The van der Waals surface area contributed by atoms with Crippen LogP contribution >= 0.6 is 0 Å². The van der Waals surface area contributed by atoms with Crippen LogP contribution in [-0.2, 0) is 9.53 Å². The van der Waals surface area contributed by atoms with Crippen LogP contribution in [0.2, 0.25) is 0 Å². The summed E-state index contributed by atoms with van der Waals surface area (Å²) < 4.78 is 5.46. The number of carbonyl (C=O) groups is 1. The first-order valence-electron chi connectivity index (χ1n) is 3.83. The average Bonchev–Trinajstić information content (AvgIpc) is 1.85. The number of ether oxygens (including phenoxy) is 1. The van der Waals surface area contributed by atoms with E-state index in [1.165, 1.54) is 0 Å². The summed E-state index contributed by atoms with van der Waals surface area (Å²) in [7, 11) is 0. The lowest BCUT2D eigenvalue weighted by molar-refractivity contribution is -0.119. The lowest BCUT2D eigenvalue weighted by atomic mass is 9.94. The van der Waals surface area contributed by atoms with Crippen LogP contribution in [0.25, 0.3) is 0 Å². The summed E-state index contributed by atoms with van der Waals surface area (Å²) in [6.07, 6.45) is 3.37. The molecule has 2 nitrogen and oxygen atoms in total. The van der Waals surface area contributed by atoms with Gasteiger partial charge >= 0.3 is 0 Å². The van der Waals surface area contributed by atoms with E-state index in [2.05, 4.69) is 0 Å². The maximum Gasteiger partial charge on any atom is 0.123 e. The van der Waals surface area contributed by atoms with Crippen molar-refractivity contribution in [3.63, 3.8) is 0 Å². The second-order valence-electron chi connectivity index (χ2n) is 3.12. The van der Waals surface area contributed by atoms with Crippen LogP contribution in [0.15, 0.2) is 0 Å². The van der Waals surface area contributed by atoms with Crippen LogP contribution in [0.1, 0.15) is 26.7 Å². The standard InChI is InChI=1S/C8H14O2/c1-6-3-8(5-9)4-7(2)10-6/h5-8H,3-4H2,1-2H3/t6-,7-/m1/s1. The van der Waals surface area contributed by atoms with Gasteiger partial charge in [0.1, 0.15) is 6.29 Å². The zero-order valence-corrected chi connectivity index (χ0v) is 6.54. The molecular formula is C8H14O2. The minimum Gasteiger partial charge on any atom is -0.376 e. The Morgan fingerprint density at radius 3 is 2.20 bits per heavy atom. The van der Waals surface area contributed by atoms with E-state index in [1.54, 1.807) is 0 Å². The number of hydrogen-bond acceptors (Lipinski definition) is 2. The van der Waals surface area contributed by atoms with Crippen LogP contribution in [0, 0.1) is 5.92 Å². The van der Waals surface area contributed by atoms with Gasteiger partial charge in [0.05, 0.1) is 12.2 Å². The summed E-state index contributed by atoms with van der Waals surface area (Å²) in [6, 6.07) is 0. The Balaban J connectivity index is 2.42. The summed E-state index contributed by atoms with van der Waals surface area (Å²) in [6.45, 7) is 4.04. The fourth-order valence-electron chi connectivity index (χ4n) is 1.57. The largest absolute Gasteiger partial charge is 0.376 e. The van der Waals surface area contributed by atoms with Gasteiger partial charge < -0.3 is 9.53 Å². The van der Waals surface area contributed by atoms with Crippen molar-refractivity contribution in [1.82, 2.24) is 0 Å². The molecule has 0 spiro atoms. The molecule has 1 aliphatic rings. The zero-order valence-electron chi connectivity index (χ0n) is 6.54. The zero-order chi connectivity index (χ0) is 7.56. The minimum atomic E-state index is 0.235. The van der Waals surface area contributed by atoms with Gasteiger partial charge in [0.15, 0.2) is 0 Å². The molecule has 0 N–H and O–H groups in total. The fraction of sp³-hybridized carbons (Fsp3) is 0.875. The SMILES string of the molecule is C[C@@H]1CC(C=O)C[C@@H](C)O1. The van der Waals surface area contributed by atoms with Gasteiger partial charge in [-0.2, -0.15) is 0 Å². The molecule has 0 aromatic heterocycles. The molecular weight excluding hydrogens is 128 g/mol. The Morgan fingerprint density at radius 2 is 1.80 bits per heavy atom. The van der Waals surface area contributed by atoms with E-state index < -0.39 is 0 Å². The normalized spacial score (nSPS) is 41.2. The van der Waals surface area contributed by atoms with Crippen LogP contribution in [0.5, 0.6) is 0 Å². The van der Waals surface area contributed by atoms with Crippen LogP contribution in [-0.4, -0.2) is 18.5 Å². The molecule has 1 aliphatic heterocycles. The van der Waals surface area contributed by atoms with Crippen molar-refractivity contribution >= 4 is 6.29 Å². The maximum absolute atomic E-state index is 10.4. The van der Waals surface area contributed by atoms with Gasteiger partial charge in [-0.25, -0.2) is 0 Å². The van der Waals surface area contributed by atoms with Crippen molar-refractivity contribution in [2.75, 3.05) is 0 Å². The molecule has 0 amide bonds. The van der Waals surface area contributed by atoms with Crippen molar-refractivity contribution in [1.29, 1.82) is 0 Å². The third-order valence-electron chi connectivity index (χ3n) is 1.93. The van der Waals surface area contributed by atoms with E-state index >= 15 is 0 Å². The van der Waals surface area contributed by atoms with Gasteiger partial charge in [-0.15, -0.1) is 0 Å². The van der Waals surface area contributed by atoms with Gasteiger partial charge in [-0.1, -0.05) is 0 Å². The summed E-state index contributed by atoms with van der Waals surface area (Å²) in [5.41, 5.74) is 0. The van der Waals surface area contributed by atoms with Crippen LogP contribution in [0.4, 0.5) is 0 Å². The number of rotatable bonds is 1. The minimum absolute atomic E-state index is 0.235. The average molecular weight is 142 g/mol. The number of carbonyl (C=O) groups excluding carboxylic acids is 1. The topological polar surface area (TPSA) is 26.3 Å². The van der Waals surface area contributed by atoms with E-state index in [0.717, 1.165) is 19.1 Å². The van der Waals surface area contributed by atoms with Crippen molar-refractivity contribution in [2.24, 2.45) is 5.92 Å². The molecule has 0 bridgehead atoms. The molecule has 0 unspecified atom stereocenters. The van der Waals surface area contributed by atoms with Crippen LogP contribution < -0.4 is 0 Å². The highest BCUT2D eigenvalue weighted by Crippen LogP contribution is 2.22. The summed E-state index contributed by atoms with van der Waals surface area (Å²) in [4.78, 5) is 10.4. The molecule has 0 aliphatic carbocycles. The monoisotopic (exact) mass is 142 g/mol. The molecule has 1 fully saturated rings. The lowest BCUT2D eigenvalue weighted by Crippen LogP contribution is -2.29. The molecule has 1 rings (SSSR count). The Bertz CT molecular complexity index is 112. The number of hydrogen-bond donors (Lipinski definition) is 0. The summed E-state index contributed by atoms with van der Waals surface area (Å²) in [5.74, 6) is 0.235. The molecule has 0 radical (unpaired) electrons. The predicted molar refractivity (Wildman–Crippen MR) is 38.8 cm³/mol. The van der Waals surface area contributed by atoms with Gasteiger partial charge in [0.2, 0.25) is 0 Å². The second kappa shape index (κ2) is 3.15. The van der Waals surface area contributed by atoms with Gasteiger partial charge in [0.25, 0.3) is 0 Å². The highest BCUT2D eigenvalue weighted by Gasteiger charge is 2.23. The quantitative estimate of drug-likeness (QED) is 0.517. The Hall–Kier alpha value is -0.370. The third kappa shape index (κ3) is 1.81. The summed E-state index contributed by atoms with van der Waals surface area (Å²) in [5, 5.41) is 0. The first-order valence-corrected chi connectivity index (χ1v) is 3.83. The number of aldehydes is 1. The van der Waals surface area contributed by atoms with E-state index in [4.69, 9.17) is 4.74 Å². The third-order valence-corrected chi connectivity index (χ3v) is 1.93. The molecule has 0 aromatic carbocycles. The summed E-state index contributed by atoms with van der Waals surface area (Å²) >= 11 is 0. The van der Waals surface area contributed by atoms with E-state index in [9.17, 15) is 4.79 Å². The van der Waals surface area contributed by atoms with E-state index in [0.29, 0.717) is 0 Å². The molecule has 1 heterocycles.